The summed E-state index contributed by atoms with van der Waals surface area (Å²) in [4.78, 5) is 21.6. The second kappa shape index (κ2) is 6.29. The van der Waals surface area contributed by atoms with Crippen LogP contribution in [0.1, 0.15) is 25.3 Å². The molecule has 160 valence electrons. The molecule has 2 saturated heterocycles. The Kier molecular flexibility index (Phi) is 3.59. The minimum absolute atomic E-state index is 0.00290. The number of piperazine rings is 1. The molecule has 0 unspecified atom stereocenters. The van der Waals surface area contributed by atoms with Gasteiger partial charge in [0.15, 0.2) is 0 Å². The van der Waals surface area contributed by atoms with Crippen molar-refractivity contribution in [2.24, 2.45) is 11.3 Å². The van der Waals surface area contributed by atoms with Gasteiger partial charge in [-0.3, -0.25) is 9.48 Å². The summed E-state index contributed by atoms with van der Waals surface area (Å²) in [5.41, 5.74) is 1.93. The Morgan fingerprint density at radius 1 is 1.10 bits per heavy atom. The van der Waals surface area contributed by atoms with Crippen molar-refractivity contribution in [3.63, 3.8) is 0 Å². The fourth-order valence-corrected chi connectivity index (χ4v) is 5.47. The number of rotatable bonds is 4. The Morgan fingerprint density at radius 2 is 1.90 bits per heavy atom. The summed E-state index contributed by atoms with van der Waals surface area (Å²) in [6.07, 6.45) is 5.20. The molecule has 2 aromatic heterocycles. The van der Waals surface area contributed by atoms with Crippen molar-refractivity contribution in [1.29, 1.82) is 0 Å². The van der Waals surface area contributed by atoms with Crippen LogP contribution < -0.4 is 4.90 Å². The van der Waals surface area contributed by atoms with E-state index in [1.807, 2.05) is 27.9 Å². The number of anilines is 1. The normalized spacial score (nSPS) is 27.7. The molecule has 3 saturated carbocycles. The number of fused-ring (bicyclic) bond motifs is 1. The fourth-order valence-electron chi connectivity index (χ4n) is 5.47. The molecule has 31 heavy (non-hydrogen) atoms. The highest BCUT2D eigenvalue weighted by atomic mass is 16.5. The number of aromatic nitrogens is 4. The smallest absolute Gasteiger partial charge is 0.266 e. The largest absolute Gasteiger partial charge is 0.377 e. The van der Waals surface area contributed by atoms with Crippen molar-refractivity contribution < 1.29 is 14.1 Å². The molecule has 9 nitrogen and oxygen atoms in total. The highest BCUT2D eigenvalue weighted by molar-refractivity contribution is 5.86. The highest BCUT2D eigenvalue weighted by Gasteiger charge is 2.62. The first-order valence-electron chi connectivity index (χ1n) is 11.1. The van der Waals surface area contributed by atoms with Crippen LogP contribution in [-0.2, 0) is 9.53 Å². The van der Waals surface area contributed by atoms with E-state index in [1.54, 1.807) is 0 Å². The zero-order chi connectivity index (χ0) is 20.6. The van der Waals surface area contributed by atoms with Gasteiger partial charge in [-0.25, -0.2) is 0 Å². The van der Waals surface area contributed by atoms with E-state index >= 15 is 0 Å². The van der Waals surface area contributed by atoms with Crippen LogP contribution in [0.25, 0.3) is 22.4 Å². The molecule has 1 amide bonds. The Balaban J connectivity index is 1.07. The first-order chi connectivity index (χ1) is 15.2. The minimum atomic E-state index is 0.00290. The molecule has 3 aliphatic carbocycles. The van der Waals surface area contributed by atoms with Gasteiger partial charge in [-0.1, -0.05) is 6.07 Å². The van der Waals surface area contributed by atoms with Crippen molar-refractivity contribution >= 4 is 22.8 Å². The third-order valence-electron chi connectivity index (χ3n) is 7.57. The van der Waals surface area contributed by atoms with Crippen LogP contribution in [0.15, 0.2) is 28.9 Å². The van der Waals surface area contributed by atoms with Gasteiger partial charge in [0.25, 0.3) is 11.8 Å². The zero-order valence-electron chi connectivity index (χ0n) is 17.2. The molecule has 0 atom stereocenters. The van der Waals surface area contributed by atoms with Crippen LogP contribution >= 0.6 is 0 Å². The van der Waals surface area contributed by atoms with Crippen LogP contribution in [-0.4, -0.2) is 70.1 Å². The average Bonchev–Trinajstić information content (AvgIpc) is 3.32. The molecule has 2 bridgehead atoms. The summed E-state index contributed by atoms with van der Waals surface area (Å²) >= 11 is 0. The maximum absolute atomic E-state index is 12.8. The molecule has 0 N–H and O–H groups in total. The first kappa shape index (κ1) is 17.7. The molecule has 8 rings (SSSR count). The van der Waals surface area contributed by atoms with Gasteiger partial charge in [0, 0.05) is 37.1 Å². The average molecular weight is 420 g/mol. The van der Waals surface area contributed by atoms with Crippen LogP contribution in [0.5, 0.6) is 0 Å². The minimum Gasteiger partial charge on any atom is -0.377 e. The zero-order valence-corrected chi connectivity index (χ0v) is 17.2. The number of hydrogen-bond donors (Lipinski definition) is 0. The van der Waals surface area contributed by atoms with Crippen LogP contribution in [0.2, 0.25) is 0 Å². The molecular weight excluding hydrogens is 396 g/mol. The van der Waals surface area contributed by atoms with Crippen molar-refractivity contribution in [1.82, 2.24) is 24.8 Å². The number of carbonyl (C=O) groups is 1. The van der Waals surface area contributed by atoms with E-state index < -0.39 is 0 Å². The van der Waals surface area contributed by atoms with E-state index in [0.29, 0.717) is 31.0 Å². The van der Waals surface area contributed by atoms with Gasteiger partial charge >= 0.3 is 0 Å². The van der Waals surface area contributed by atoms with Gasteiger partial charge in [-0.15, -0.1) is 0 Å². The Morgan fingerprint density at radius 3 is 2.58 bits per heavy atom. The van der Waals surface area contributed by atoms with Gasteiger partial charge in [-0.05, 0) is 42.5 Å². The maximum atomic E-state index is 12.8. The lowest BCUT2D eigenvalue weighted by Crippen LogP contribution is -2.63. The van der Waals surface area contributed by atoms with Crippen molar-refractivity contribution in [3.8, 4) is 11.5 Å². The molecule has 2 aliphatic heterocycles. The predicted molar refractivity (Wildman–Crippen MR) is 111 cm³/mol. The molecular formula is C22H24N6O3. The SMILES string of the molecule is O=C(N1CCN(c2noc(-c3ccc4cnn(C5COC5)c4c3)n2)CC1)C12CC(C1)C2. The van der Waals surface area contributed by atoms with Crippen molar-refractivity contribution in [2.45, 2.75) is 25.3 Å². The second-order valence-corrected chi connectivity index (χ2v) is 9.49. The van der Waals surface area contributed by atoms with Gasteiger partial charge in [0.2, 0.25) is 5.91 Å². The third-order valence-corrected chi connectivity index (χ3v) is 7.57. The summed E-state index contributed by atoms with van der Waals surface area (Å²) in [5, 5.41) is 9.81. The molecule has 4 heterocycles. The number of amides is 1. The predicted octanol–water partition coefficient (Wildman–Crippen LogP) is 2.11. The van der Waals surface area contributed by atoms with Gasteiger partial charge < -0.3 is 19.1 Å². The van der Waals surface area contributed by atoms with E-state index in [4.69, 9.17) is 9.26 Å². The molecule has 1 aromatic carbocycles. The summed E-state index contributed by atoms with van der Waals surface area (Å²) in [6.45, 7) is 4.31. The number of carbonyl (C=O) groups excluding carboxylic acids is 1. The number of benzene rings is 1. The van der Waals surface area contributed by atoms with Crippen molar-refractivity contribution in [3.05, 3.63) is 24.4 Å². The van der Waals surface area contributed by atoms with Crippen molar-refractivity contribution in [2.75, 3.05) is 44.3 Å². The topological polar surface area (TPSA) is 89.5 Å². The van der Waals surface area contributed by atoms with Crippen LogP contribution in [0.4, 0.5) is 5.95 Å². The van der Waals surface area contributed by atoms with E-state index in [9.17, 15) is 4.79 Å². The van der Waals surface area contributed by atoms with E-state index in [2.05, 4.69) is 26.2 Å². The lowest BCUT2D eigenvalue weighted by molar-refractivity contribution is -0.177. The van der Waals surface area contributed by atoms with Gasteiger partial charge in [-0.2, -0.15) is 10.1 Å². The van der Waals surface area contributed by atoms with E-state index in [-0.39, 0.29) is 11.5 Å². The first-order valence-corrected chi connectivity index (χ1v) is 11.1. The summed E-state index contributed by atoms with van der Waals surface area (Å²) in [6, 6.07) is 6.37. The molecule has 0 radical (unpaired) electrons. The number of hydrogen-bond acceptors (Lipinski definition) is 7. The van der Waals surface area contributed by atoms with E-state index in [0.717, 1.165) is 67.8 Å². The van der Waals surface area contributed by atoms with Gasteiger partial charge in [0.1, 0.15) is 0 Å². The molecule has 0 spiro atoms. The maximum Gasteiger partial charge on any atom is 0.266 e. The molecule has 5 fully saturated rings. The van der Waals surface area contributed by atoms with E-state index in [1.165, 1.54) is 0 Å². The molecule has 5 aliphatic rings. The lowest BCUT2D eigenvalue weighted by atomic mass is 9.44. The summed E-state index contributed by atoms with van der Waals surface area (Å²) in [5.74, 6) is 2.28. The Labute approximate surface area is 178 Å². The molecule has 9 heteroatoms. The third kappa shape index (κ3) is 2.59. The fraction of sp³-hybridized carbons (Fsp3) is 0.545. The molecule has 3 aromatic rings. The highest BCUT2D eigenvalue weighted by Crippen LogP contribution is 2.65. The quantitative estimate of drug-likeness (QED) is 0.639. The lowest BCUT2D eigenvalue weighted by Gasteiger charge is -2.61. The number of nitrogens with zero attached hydrogens (tertiary/aromatic N) is 6. The monoisotopic (exact) mass is 420 g/mol. The Bertz CT molecular complexity index is 1160. The standard InChI is InChI=1S/C22H24N6O3/c29-20(22-8-14(9-22)10-22)26-3-5-27(6-4-26)21-24-19(31-25-21)15-1-2-16-11-23-28(18(16)7-15)17-12-30-13-17/h1-2,7,11,14,17H,3-6,8-10,12-13H2. The summed E-state index contributed by atoms with van der Waals surface area (Å²) in [7, 11) is 0. The van der Waals surface area contributed by atoms with Gasteiger partial charge in [0.05, 0.1) is 36.4 Å². The Hall–Kier alpha value is -2.94. The van der Waals surface area contributed by atoms with Crippen LogP contribution in [0, 0.1) is 11.3 Å². The second-order valence-electron chi connectivity index (χ2n) is 9.49. The summed E-state index contributed by atoms with van der Waals surface area (Å²) < 4.78 is 12.9. The van der Waals surface area contributed by atoms with Crippen LogP contribution in [0.3, 0.4) is 0 Å². The number of ether oxygens (including phenoxy) is 1.